The summed E-state index contributed by atoms with van der Waals surface area (Å²) in [6.07, 6.45) is 0. The van der Waals surface area contributed by atoms with Crippen molar-refractivity contribution >= 4 is 23.3 Å². The predicted molar refractivity (Wildman–Crippen MR) is 68.5 cm³/mol. The van der Waals surface area contributed by atoms with Crippen molar-refractivity contribution in [2.75, 3.05) is 12.4 Å². The zero-order chi connectivity index (χ0) is 14.6. The predicted octanol–water partition coefficient (Wildman–Crippen LogP) is 0.932. The van der Waals surface area contributed by atoms with Gasteiger partial charge in [-0.05, 0) is 19.1 Å². The molecule has 0 aliphatic carbocycles. The number of non-ortho nitro benzene ring substituents is 1. The molecule has 1 aromatic carbocycles. The van der Waals surface area contributed by atoms with Crippen molar-refractivity contribution in [3.8, 4) is 0 Å². The molecule has 1 aromatic rings. The van der Waals surface area contributed by atoms with Gasteiger partial charge in [0.15, 0.2) is 0 Å². The smallest absolute Gasteiger partial charge is 0.322 e. The van der Waals surface area contributed by atoms with Gasteiger partial charge >= 0.3 is 6.03 Å². The zero-order valence-electron chi connectivity index (χ0n) is 10.5. The normalized spacial score (nSPS) is 11.5. The molecular weight excluding hydrogens is 252 g/mol. The zero-order valence-corrected chi connectivity index (χ0v) is 10.5. The van der Waals surface area contributed by atoms with Crippen LogP contribution in [0.25, 0.3) is 0 Å². The number of nitro benzene ring substituents is 1. The van der Waals surface area contributed by atoms with Gasteiger partial charge in [-0.25, -0.2) is 4.79 Å². The lowest BCUT2D eigenvalue weighted by Gasteiger charge is -2.22. The van der Waals surface area contributed by atoms with Crippen LogP contribution in [-0.2, 0) is 4.79 Å². The molecule has 0 aliphatic rings. The maximum atomic E-state index is 11.8. The topological polar surface area (TPSA) is 119 Å². The highest BCUT2D eigenvalue weighted by Gasteiger charge is 2.20. The Morgan fingerprint density at radius 1 is 1.37 bits per heavy atom. The number of rotatable bonds is 4. The standard InChI is InChI=1S/C11H14N4O4/c1-7(10(12)16)14(2)11(17)13-8-3-5-9(6-4-8)15(18)19/h3-7H,1-2H3,(H2,12,16)(H,13,17)/t7-/m1/s1. The second-order valence-corrected chi connectivity index (χ2v) is 3.92. The number of nitrogens with one attached hydrogen (secondary N) is 1. The number of nitrogens with two attached hydrogens (primary N) is 1. The Kier molecular flexibility index (Phi) is 4.41. The van der Waals surface area contributed by atoms with Gasteiger partial charge in [-0.2, -0.15) is 0 Å². The monoisotopic (exact) mass is 266 g/mol. The van der Waals surface area contributed by atoms with Crippen LogP contribution in [0.1, 0.15) is 6.92 Å². The number of benzene rings is 1. The SMILES string of the molecule is C[C@H](C(N)=O)N(C)C(=O)Nc1ccc([N+](=O)[O-])cc1. The van der Waals surface area contributed by atoms with Crippen molar-refractivity contribution < 1.29 is 14.5 Å². The summed E-state index contributed by atoms with van der Waals surface area (Å²) >= 11 is 0. The quantitative estimate of drug-likeness (QED) is 0.622. The number of hydrogen-bond donors (Lipinski definition) is 2. The third-order valence-corrected chi connectivity index (χ3v) is 2.64. The molecule has 0 saturated carbocycles. The van der Waals surface area contributed by atoms with Crippen LogP contribution in [0.2, 0.25) is 0 Å². The molecule has 3 amide bonds. The lowest BCUT2D eigenvalue weighted by molar-refractivity contribution is -0.384. The number of anilines is 1. The Balaban J connectivity index is 2.71. The van der Waals surface area contributed by atoms with E-state index < -0.39 is 22.9 Å². The van der Waals surface area contributed by atoms with Crippen LogP contribution in [0.3, 0.4) is 0 Å². The van der Waals surface area contributed by atoms with Gasteiger partial charge in [0.25, 0.3) is 5.69 Å². The number of carbonyl (C=O) groups excluding carboxylic acids is 2. The first kappa shape index (κ1) is 14.4. The molecular formula is C11H14N4O4. The van der Waals surface area contributed by atoms with E-state index in [1.165, 1.54) is 38.2 Å². The molecule has 0 aromatic heterocycles. The molecule has 1 atom stereocenters. The molecule has 102 valence electrons. The molecule has 0 saturated heterocycles. The average Bonchev–Trinajstić information content (AvgIpc) is 2.37. The second-order valence-electron chi connectivity index (χ2n) is 3.92. The summed E-state index contributed by atoms with van der Waals surface area (Å²) in [4.78, 5) is 33.8. The van der Waals surface area contributed by atoms with E-state index >= 15 is 0 Å². The van der Waals surface area contributed by atoms with E-state index in [0.717, 1.165) is 4.90 Å². The first-order chi connectivity index (χ1) is 8.82. The van der Waals surface area contributed by atoms with Gasteiger partial charge in [-0.3, -0.25) is 14.9 Å². The number of primary amides is 1. The third-order valence-electron chi connectivity index (χ3n) is 2.64. The number of nitrogens with zero attached hydrogens (tertiary/aromatic N) is 2. The van der Waals surface area contributed by atoms with Crippen LogP contribution in [0.5, 0.6) is 0 Å². The fraction of sp³-hybridized carbons (Fsp3) is 0.273. The van der Waals surface area contributed by atoms with Gasteiger partial charge in [-0.15, -0.1) is 0 Å². The van der Waals surface area contributed by atoms with E-state index in [1.54, 1.807) is 0 Å². The lowest BCUT2D eigenvalue weighted by atomic mass is 10.3. The summed E-state index contributed by atoms with van der Waals surface area (Å²) in [5, 5.41) is 13.0. The highest BCUT2D eigenvalue weighted by molar-refractivity contribution is 5.93. The van der Waals surface area contributed by atoms with E-state index in [1.807, 2.05) is 0 Å². The maximum absolute atomic E-state index is 11.8. The highest BCUT2D eigenvalue weighted by Crippen LogP contribution is 2.15. The lowest BCUT2D eigenvalue weighted by Crippen LogP contribution is -2.45. The van der Waals surface area contributed by atoms with Crippen molar-refractivity contribution in [2.45, 2.75) is 13.0 Å². The molecule has 0 heterocycles. The minimum Gasteiger partial charge on any atom is -0.368 e. The van der Waals surface area contributed by atoms with E-state index in [4.69, 9.17) is 5.73 Å². The van der Waals surface area contributed by atoms with Gasteiger partial charge in [0, 0.05) is 24.9 Å². The summed E-state index contributed by atoms with van der Waals surface area (Å²) in [6, 6.07) is 4.07. The summed E-state index contributed by atoms with van der Waals surface area (Å²) in [5.74, 6) is -0.624. The molecule has 3 N–H and O–H groups in total. The van der Waals surface area contributed by atoms with Gasteiger partial charge < -0.3 is 16.0 Å². The first-order valence-corrected chi connectivity index (χ1v) is 5.40. The minimum absolute atomic E-state index is 0.0724. The van der Waals surface area contributed by atoms with Gasteiger partial charge in [0.1, 0.15) is 6.04 Å². The molecule has 19 heavy (non-hydrogen) atoms. The maximum Gasteiger partial charge on any atom is 0.322 e. The Bertz CT molecular complexity index is 500. The Hall–Kier alpha value is -2.64. The van der Waals surface area contributed by atoms with Gasteiger partial charge in [0.2, 0.25) is 5.91 Å². The number of likely N-dealkylation sites (N-methyl/N-ethyl adjacent to an activating group) is 1. The van der Waals surface area contributed by atoms with Crippen molar-refractivity contribution in [2.24, 2.45) is 5.73 Å². The second kappa shape index (κ2) is 5.80. The van der Waals surface area contributed by atoms with Crippen LogP contribution in [0.4, 0.5) is 16.2 Å². The number of hydrogen-bond acceptors (Lipinski definition) is 4. The molecule has 1 rings (SSSR count). The Morgan fingerprint density at radius 2 is 1.89 bits per heavy atom. The number of amides is 3. The molecule has 0 fully saturated rings. The fourth-order valence-electron chi connectivity index (χ4n) is 1.24. The van der Waals surface area contributed by atoms with E-state index in [2.05, 4.69) is 5.32 Å². The third kappa shape index (κ3) is 3.66. The largest absolute Gasteiger partial charge is 0.368 e. The summed E-state index contributed by atoms with van der Waals surface area (Å²) in [7, 11) is 1.43. The number of nitro groups is 1. The van der Waals surface area contributed by atoms with Gasteiger partial charge in [0.05, 0.1) is 4.92 Å². The number of carbonyl (C=O) groups is 2. The molecule has 8 nitrogen and oxygen atoms in total. The summed E-state index contributed by atoms with van der Waals surface area (Å²) in [6.45, 7) is 1.50. The molecule has 0 spiro atoms. The minimum atomic E-state index is -0.752. The first-order valence-electron chi connectivity index (χ1n) is 5.40. The molecule has 0 unspecified atom stereocenters. The van der Waals surface area contributed by atoms with Crippen molar-refractivity contribution in [3.05, 3.63) is 34.4 Å². The molecule has 8 heteroatoms. The van der Waals surface area contributed by atoms with E-state index in [9.17, 15) is 19.7 Å². The van der Waals surface area contributed by atoms with Crippen LogP contribution < -0.4 is 11.1 Å². The van der Waals surface area contributed by atoms with Crippen molar-refractivity contribution in [3.63, 3.8) is 0 Å². The Labute approximate surface area is 109 Å². The van der Waals surface area contributed by atoms with Crippen LogP contribution in [0, 0.1) is 10.1 Å². The van der Waals surface area contributed by atoms with E-state index in [0.29, 0.717) is 5.69 Å². The van der Waals surface area contributed by atoms with Gasteiger partial charge in [-0.1, -0.05) is 0 Å². The van der Waals surface area contributed by atoms with Crippen molar-refractivity contribution in [1.29, 1.82) is 0 Å². The highest BCUT2D eigenvalue weighted by atomic mass is 16.6. The van der Waals surface area contributed by atoms with Crippen LogP contribution >= 0.6 is 0 Å². The summed E-state index contributed by atoms with van der Waals surface area (Å²) < 4.78 is 0. The van der Waals surface area contributed by atoms with Crippen molar-refractivity contribution in [1.82, 2.24) is 4.90 Å². The molecule has 0 radical (unpaired) electrons. The average molecular weight is 266 g/mol. The summed E-state index contributed by atoms with van der Waals surface area (Å²) in [5.41, 5.74) is 5.40. The number of urea groups is 1. The van der Waals surface area contributed by atoms with E-state index in [-0.39, 0.29) is 5.69 Å². The van der Waals surface area contributed by atoms with Crippen LogP contribution in [-0.4, -0.2) is 34.9 Å². The molecule has 0 aliphatic heterocycles. The van der Waals surface area contributed by atoms with Crippen LogP contribution in [0.15, 0.2) is 24.3 Å². The Morgan fingerprint density at radius 3 is 2.32 bits per heavy atom. The fourth-order valence-corrected chi connectivity index (χ4v) is 1.24. The molecule has 0 bridgehead atoms.